The van der Waals surface area contributed by atoms with Crippen LogP contribution in [-0.4, -0.2) is 54.3 Å². The van der Waals surface area contributed by atoms with Gasteiger partial charge in [0.25, 0.3) is 5.22 Å². The Morgan fingerprint density at radius 2 is 2.00 bits per heavy atom. The molecule has 10 heteroatoms. The van der Waals surface area contributed by atoms with Crippen molar-refractivity contribution in [2.45, 2.75) is 24.1 Å². The first-order valence-corrected chi connectivity index (χ1v) is 11.5. The predicted molar refractivity (Wildman–Crippen MR) is 120 cm³/mol. The number of aromatic nitrogens is 2. The predicted octanol–water partition coefficient (Wildman–Crippen LogP) is 3.94. The Morgan fingerprint density at radius 1 is 1.12 bits per heavy atom. The molecule has 0 saturated carbocycles. The molecule has 1 amide bonds. The molecule has 3 aromatic rings. The molecule has 2 aromatic carbocycles. The number of ether oxygens (including phenoxy) is 4. The maximum absolute atomic E-state index is 13.1. The summed E-state index contributed by atoms with van der Waals surface area (Å²) in [5.74, 6) is 3.39. The summed E-state index contributed by atoms with van der Waals surface area (Å²) in [5.41, 5.74) is 1.69. The first-order chi connectivity index (χ1) is 16.2. The Labute approximate surface area is 195 Å². The Balaban J connectivity index is 1.26. The molecular formula is C23H23N3O6S. The molecule has 0 unspecified atom stereocenters. The number of amides is 1. The number of methoxy groups -OCH3 is 2. The lowest BCUT2D eigenvalue weighted by Gasteiger charge is -2.26. The van der Waals surface area contributed by atoms with Crippen molar-refractivity contribution in [2.24, 2.45) is 0 Å². The van der Waals surface area contributed by atoms with Crippen molar-refractivity contribution in [1.29, 1.82) is 0 Å². The average molecular weight is 470 g/mol. The zero-order chi connectivity index (χ0) is 22.8. The van der Waals surface area contributed by atoms with Gasteiger partial charge >= 0.3 is 0 Å². The number of carbonyl (C=O) groups excluding carboxylic acids is 1. The summed E-state index contributed by atoms with van der Waals surface area (Å²) in [6.07, 6.45) is 1.80. The molecule has 0 bridgehead atoms. The number of carbonyl (C=O) groups is 1. The first kappa shape index (κ1) is 21.4. The van der Waals surface area contributed by atoms with Crippen molar-refractivity contribution in [1.82, 2.24) is 15.1 Å². The standard InChI is InChI=1S/C23H23N3O6S/c1-28-15-6-8-18(29-2)16(11-15)17-4-3-9-26(17)21(27)12-33-23-25-24-22(32-23)14-5-7-19-20(10-14)31-13-30-19/h5-8,10-11,17H,3-4,9,12-13H2,1-2H3/t17-/m0/s1. The van der Waals surface area contributed by atoms with Crippen molar-refractivity contribution in [3.8, 4) is 34.5 Å². The molecule has 172 valence electrons. The van der Waals surface area contributed by atoms with Crippen molar-refractivity contribution in [2.75, 3.05) is 33.3 Å². The van der Waals surface area contributed by atoms with Gasteiger partial charge in [-0.05, 0) is 49.2 Å². The van der Waals surface area contributed by atoms with E-state index in [0.29, 0.717) is 29.2 Å². The topological polar surface area (TPSA) is 96.2 Å². The van der Waals surface area contributed by atoms with Gasteiger partial charge in [-0.1, -0.05) is 11.8 Å². The molecule has 2 aliphatic heterocycles. The lowest BCUT2D eigenvalue weighted by molar-refractivity contribution is -0.129. The fourth-order valence-electron chi connectivity index (χ4n) is 4.11. The lowest BCUT2D eigenvalue weighted by atomic mass is 10.0. The maximum Gasteiger partial charge on any atom is 0.277 e. The van der Waals surface area contributed by atoms with Crippen molar-refractivity contribution in [3.63, 3.8) is 0 Å². The van der Waals surface area contributed by atoms with Gasteiger partial charge in [-0.25, -0.2) is 0 Å². The van der Waals surface area contributed by atoms with Gasteiger partial charge in [-0.3, -0.25) is 4.79 Å². The molecule has 33 heavy (non-hydrogen) atoms. The van der Waals surface area contributed by atoms with Gasteiger partial charge in [0, 0.05) is 17.7 Å². The number of hydrogen-bond donors (Lipinski definition) is 0. The zero-order valence-corrected chi connectivity index (χ0v) is 19.1. The third kappa shape index (κ3) is 4.30. The third-order valence-corrected chi connectivity index (χ3v) is 6.52. The molecule has 0 radical (unpaired) electrons. The second-order valence-corrected chi connectivity index (χ2v) is 8.51. The molecule has 1 saturated heterocycles. The van der Waals surface area contributed by atoms with Gasteiger partial charge in [0.05, 0.1) is 26.0 Å². The van der Waals surface area contributed by atoms with Crippen molar-refractivity contribution >= 4 is 17.7 Å². The second kappa shape index (κ2) is 9.22. The second-order valence-electron chi connectivity index (χ2n) is 7.58. The van der Waals surface area contributed by atoms with Gasteiger partial charge in [-0.2, -0.15) is 0 Å². The van der Waals surface area contributed by atoms with E-state index in [1.54, 1.807) is 26.4 Å². The van der Waals surface area contributed by atoms with Crippen LogP contribution in [0.25, 0.3) is 11.5 Å². The van der Waals surface area contributed by atoms with Crippen LogP contribution >= 0.6 is 11.8 Å². The Bertz CT molecular complexity index is 1170. The van der Waals surface area contributed by atoms with Crippen molar-refractivity contribution in [3.05, 3.63) is 42.0 Å². The number of rotatable bonds is 7. The molecule has 2 aliphatic rings. The summed E-state index contributed by atoms with van der Waals surface area (Å²) in [6.45, 7) is 0.891. The highest BCUT2D eigenvalue weighted by atomic mass is 32.2. The van der Waals surface area contributed by atoms with Crippen LogP contribution in [0.2, 0.25) is 0 Å². The van der Waals surface area contributed by atoms with Crippen LogP contribution in [0.3, 0.4) is 0 Å². The monoisotopic (exact) mass is 469 g/mol. The minimum Gasteiger partial charge on any atom is -0.497 e. The summed E-state index contributed by atoms with van der Waals surface area (Å²) in [6, 6.07) is 11.0. The van der Waals surface area contributed by atoms with Crippen LogP contribution in [0.1, 0.15) is 24.4 Å². The summed E-state index contributed by atoms with van der Waals surface area (Å²) in [5, 5.41) is 8.52. The fraction of sp³-hybridized carbons (Fsp3) is 0.348. The average Bonchev–Trinajstić information content (AvgIpc) is 3.61. The third-order valence-electron chi connectivity index (χ3n) is 5.71. The molecular weight excluding hydrogens is 446 g/mol. The van der Waals surface area contributed by atoms with Crippen LogP contribution < -0.4 is 18.9 Å². The Morgan fingerprint density at radius 3 is 2.85 bits per heavy atom. The van der Waals surface area contributed by atoms with Crippen LogP contribution in [0.4, 0.5) is 0 Å². The van der Waals surface area contributed by atoms with Gasteiger partial charge in [0.2, 0.25) is 18.6 Å². The van der Waals surface area contributed by atoms with Gasteiger partial charge in [0.15, 0.2) is 11.5 Å². The quantitative estimate of drug-likeness (QED) is 0.477. The molecule has 0 spiro atoms. The summed E-state index contributed by atoms with van der Waals surface area (Å²) < 4.78 is 27.4. The van der Waals surface area contributed by atoms with E-state index in [1.165, 1.54) is 11.8 Å². The van der Waals surface area contributed by atoms with E-state index in [2.05, 4.69) is 10.2 Å². The molecule has 9 nitrogen and oxygen atoms in total. The number of thioether (sulfide) groups is 1. The largest absolute Gasteiger partial charge is 0.497 e. The van der Waals surface area contributed by atoms with E-state index >= 15 is 0 Å². The lowest BCUT2D eigenvalue weighted by Crippen LogP contribution is -2.32. The number of fused-ring (bicyclic) bond motifs is 1. The normalized spacial score (nSPS) is 16.8. The van der Waals surface area contributed by atoms with E-state index in [1.807, 2.05) is 29.2 Å². The number of hydrogen-bond acceptors (Lipinski definition) is 9. The Hall–Kier alpha value is -3.40. The number of nitrogens with zero attached hydrogens (tertiary/aromatic N) is 3. The molecule has 0 N–H and O–H groups in total. The smallest absolute Gasteiger partial charge is 0.277 e. The fourth-order valence-corrected chi connectivity index (χ4v) is 4.76. The van der Waals surface area contributed by atoms with Gasteiger partial charge in [0.1, 0.15) is 11.5 Å². The van der Waals surface area contributed by atoms with E-state index in [9.17, 15) is 4.79 Å². The van der Waals surface area contributed by atoms with Crippen LogP contribution in [0.5, 0.6) is 23.0 Å². The number of likely N-dealkylation sites (tertiary alicyclic amines) is 1. The molecule has 1 fully saturated rings. The van der Waals surface area contributed by atoms with Gasteiger partial charge < -0.3 is 28.3 Å². The molecule has 0 aliphatic carbocycles. The van der Waals surface area contributed by atoms with Gasteiger partial charge in [-0.15, -0.1) is 10.2 Å². The highest BCUT2D eigenvalue weighted by Gasteiger charge is 2.32. The highest BCUT2D eigenvalue weighted by Crippen LogP contribution is 2.40. The van der Waals surface area contributed by atoms with Crippen molar-refractivity contribution < 1.29 is 28.2 Å². The Kier molecular flexibility index (Phi) is 5.99. The molecule has 1 aromatic heterocycles. The van der Waals surface area contributed by atoms with E-state index < -0.39 is 0 Å². The van der Waals surface area contributed by atoms with E-state index in [0.717, 1.165) is 35.5 Å². The van der Waals surface area contributed by atoms with Crippen LogP contribution in [0.15, 0.2) is 46.0 Å². The summed E-state index contributed by atoms with van der Waals surface area (Å²) >= 11 is 1.23. The first-order valence-electron chi connectivity index (χ1n) is 10.5. The molecule has 5 rings (SSSR count). The SMILES string of the molecule is COc1ccc(OC)c([C@@H]2CCCN2C(=O)CSc2nnc(-c3ccc4c(c3)OCO4)o2)c1. The summed E-state index contributed by atoms with van der Waals surface area (Å²) in [4.78, 5) is 15.0. The number of benzene rings is 2. The van der Waals surface area contributed by atoms with E-state index in [4.69, 9.17) is 23.4 Å². The highest BCUT2D eigenvalue weighted by molar-refractivity contribution is 7.99. The molecule has 1 atom stereocenters. The minimum atomic E-state index is -0.0602. The maximum atomic E-state index is 13.1. The summed E-state index contributed by atoms with van der Waals surface area (Å²) in [7, 11) is 3.26. The van der Waals surface area contributed by atoms with Crippen LogP contribution in [0, 0.1) is 0 Å². The zero-order valence-electron chi connectivity index (χ0n) is 18.3. The molecule has 3 heterocycles. The van der Waals surface area contributed by atoms with Crippen LogP contribution in [-0.2, 0) is 4.79 Å². The van der Waals surface area contributed by atoms with E-state index in [-0.39, 0.29) is 24.5 Å². The minimum absolute atomic E-state index is 0.00945.